The van der Waals surface area contributed by atoms with Crippen LogP contribution in [0.5, 0.6) is 0 Å². The van der Waals surface area contributed by atoms with E-state index in [1.165, 1.54) is 22.3 Å². The first-order valence-corrected chi connectivity index (χ1v) is 8.45. The van der Waals surface area contributed by atoms with Gasteiger partial charge in [-0.25, -0.2) is 0 Å². The van der Waals surface area contributed by atoms with Crippen LogP contribution in [0, 0.1) is 0 Å². The van der Waals surface area contributed by atoms with Crippen molar-refractivity contribution in [3.05, 3.63) is 77.9 Å². The van der Waals surface area contributed by atoms with Crippen molar-refractivity contribution < 1.29 is 0 Å². The Bertz CT molecular complexity index is 617. The van der Waals surface area contributed by atoms with Crippen LogP contribution in [0.2, 0.25) is 0 Å². The van der Waals surface area contributed by atoms with E-state index in [1.807, 2.05) is 6.07 Å². The highest BCUT2D eigenvalue weighted by Gasteiger charge is 2.13. The second kappa shape index (κ2) is 7.61. The van der Waals surface area contributed by atoms with E-state index in [0.717, 1.165) is 19.6 Å². The molecule has 0 aliphatic carbocycles. The van der Waals surface area contributed by atoms with Crippen molar-refractivity contribution in [2.24, 2.45) is 0 Å². The summed E-state index contributed by atoms with van der Waals surface area (Å²) in [4.78, 5) is 2.43. The third kappa shape index (κ3) is 5.07. The Labute approximate surface area is 141 Å². The molecular formula is C22H29N. The van der Waals surface area contributed by atoms with E-state index < -0.39 is 0 Å². The van der Waals surface area contributed by atoms with Crippen molar-refractivity contribution in [2.75, 3.05) is 13.1 Å². The molecule has 2 aromatic carbocycles. The van der Waals surface area contributed by atoms with Crippen LogP contribution < -0.4 is 0 Å². The zero-order valence-corrected chi connectivity index (χ0v) is 15.0. The minimum Gasteiger partial charge on any atom is -0.295 e. The summed E-state index contributed by atoms with van der Waals surface area (Å²) in [6.45, 7) is 16.1. The highest BCUT2D eigenvalue weighted by molar-refractivity contribution is 5.64. The van der Waals surface area contributed by atoms with Gasteiger partial charge >= 0.3 is 0 Å². The van der Waals surface area contributed by atoms with Crippen molar-refractivity contribution in [2.45, 2.75) is 39.7 Å². The van der Waals surface area contributed by atoms with E-state index in [2.05, 4.69) is 87.7 Å². The van der Waals surface area contributed by atoms with Gasteiger partial charge in [-0.15, -0.1) is 0 Å². The Morgan fingerprint density at radius 1 is 0.957 bits per heavy atom. The first-order valence-electron chi connectivity index (χ1n) is 8.45. The number of nitrogens with zero attached hydrogens (tertiary/aromatic N) is 1. The Kier molecular flexibility index (Phi) is 5.79. The Hall–Kier alpha value is -1.86. The fraction of sp³-hybridized carbons (Fsp3) is 0.364. The molecular weight excluding hydrogens is 278 g/mol. The second-order valence-corrected chi connectivity index (χ2v) is 7.22. The molecule has 0 saturated carbocycles. The van der Waals surface area contributed by atoms with Crippen LogP contribution in [0.4, 0.5) is 0 Å². The molecule has 2 aromatic rings. The molecule has 2 rings (SSSR count). The maximum absolute atomic E-state index is 4.26. The maximum Gasteiger partial charge on any atom is 0.0237 e. The van der Waals surface area contributed by atoms with Crippen LogP contribution in [0.15, 0.2) is 61.2 Å². The standard InChI is InChI=1S/C22H29N/c1-6-23(16-18(2)20-10-8-7-9-11-20)17-19-12-14-21(15-13-19)22(3,4)5/h7-15H,2,6,16-17H2,1,3-5H3. The number of hydrogen-bond donors (Lipinski definition) is 0. The van der Waals surface area contributed by atoms with E-state index in [4.69, 9.17) is 0 Å². The maximum atomic E-state index is 4.26. The Morgan fingerprint density at radius 2 is 1.57 bits per heavy atom. The molecule has 0 unspecified atom stereocenters. The number of benzene rings is 2. The van der Waals surface area contributed by atoms with Gasteiger partial charge in [-0.2, -0.15) is 0 Å². The molecule has 0 spiro atoms. The van der Waals surface area contributed by atoms with Crippen molar-refractivity contribution >= 4 is 5.57 Å². The molecule has 0 saturated heterocycles. The summed E-state index contributed by atoms with van der Waals surface area (Å²) >= 11 is 0. The molecule has 0 bridgehead atoms. The fourth-order valence-corrected chi connectivity index (χ4v) is 2.68. The number of hydrogen-bond acceptors (Lipinski definition) is 1. The van der Waals surface area contributed by atoms with E-state index in [1.54, 1.807) is 0 Å². The molecule has 122 valence electrons. The molecule has 0 aliphatic heterocycles. The molecule has 0 amide bonds. The van der Waals surface area contributed by atoms with Gasteiger partial charge in [0.15, 0.2) is 0 Å². The molecule has 23 heavy (non-hydrogen) atoms. The quantitative estimate of drug-likeness (QED) is 0.679. The van der Waals surface area contributed by atoms with Gasteiger partial charge in [0.2, 0.25) is 0 Å². The summed E-state index contributed by atoms with van der Waals surface area (Å²) in [5, 5.41) is 0. The molecule has 0 N–H and O–H groups in total. The van der Waals surface area contributed by atoms with Crippen LogP contribution in [-0.2, 0) is 12.0 Å². The lowest BCUT2D eigenvalue weighted by Gasteiger charge is -2.23. The number of likely N-dealkylation sites (N-methyl/N-ethyl adjacent to an activating group) is 1. The number of rotatable bonds is 6. The van der Waals surface area contributed by atoms with E-state index in [9.17, 15) is 0 Å². The largest absolute Gasteiger partial charge is 0.295 e. The van der Waals surface area contributed by atoms with Gasteiger partial charge in [0, 0.05) is 13.1 Å². The molecule has 0 radical (unpaired) electrons. The van der Waals surface area contributed by atoms with Crippen molar-refractivity contribution in [3.63, 3.8) is 0 Å². The SMILES string of the molecule is C=C(CN(CC)Cc1ccc(C(C)(C)C)cc1)c1ccccc1. The topological polar surface area (TPSA) is 3.24 Å². The van der Waals surface area contributed by atoms with Gasteiger partial charge in [-0.3, -0.25) is 4.90 Å². The van der Waals surface area contributed by atoms with Gasteiger partial charge in [-0.1, -0.05) is 88.9 Å². The zero-order chi connectivity index (χ0) is 16.9. The van der Waals surface area contributed by atoms with Crippen LogP contribution in [0.3, 0.4) is 0 Å². The molecule has 0 aromatic heterocycles. The molecule has 1 nitrogen and oxygen atoms in total. The summed E-state index contributed by atoms with van der Waals surface area (Å²) in [6, 6.07) is 19.5. The lowest BCUT2D eigenvalue weighted by Crippen LogP contribution is -2.24. The van der Waals surface area contributed by atoms with Gasteiger partial charge in [0.25, 0.3) is 0 Å². The van der Waals surface area contributed by atoms with Gasteiger partial charge in [0.05, 0.1) is 0 Å². The first kappa shape index (κ1) is 17.5. The highest BCUT2D eigenvalue weighted by Crippen LogP contribution is 2.23. The van der Waals surface area contributed by atoms with E-state index in [-0.39, 0.29) is 5.41 Å². The molecule has 0 heterocycles. The molecule has 1 heteroatoms. The lowest BCUT2D eigenvalue weighted by molar-refractivity contribution is 0.316. The predicted molar refractivity (Wildman–Crippen MR) is 102 cm³/mol. The van der Waals surface area contributed by atoms with E-state index in [0.29, 0.717) is 0 Å². The monoisotopic (exact) mass is 307 g/mol. The normalized spacial score (nSPS) is 11.7. The first-order chi connectivity index (χ1) is 10.9. The molecule has 0 fully saturated rings. The average Bonchev–Trinajstić information content (AvgIpc) is 2.54. The Morgan fingerprint density at radius 3 is 2.09 bits per heavy atom. The third-order valence-electron chi connectivity index (χ3n) is 4.27. The Balaban J connectivity index is 2.01. The van der Waals surface area contributed by atoms with Crippen molar-refractivity contribution in [1.29, 1.82) is 0 Å². The fourth-order valence-electron chi connectivity index (χ4n) is 2.68. The van der Waals surface area contributed by atoms with Gasteiger partial charge < -0.3 is 0 Å². The minimum atomic E-state index is 0.213. The average molecular weight is 307 g/mol. The van der Waals surface area contributed by atoms with Crippen molar-refractivity contribution in [3.8, 4) is 0 Å². The second-order valence-electron chi connectivity index (χ2n) is 7.22. The molecule has 0 aliphatic rings. The lowest BCUT2D eigenvalue weighted by atomic mass is 9.87. The van der Waals surface area contributed by atoms with E-state index >= 15 is 0 Å². The zero-order valence-electron chi connectivity index (χ0n) is 15.0. The summed E-state index contributed by atoms with van der Waals surface area (Å²) in [7, 11) is 0. The summed E-state index contributed by atoms with van der Waals surface area (Å²) in [5.74, 6) is 0. The van der Waals surface area contributed by atoms with Crippen LogP contribution in [-0.4, -0.2) is 18.0 Å². The van der Waals surface area contributed by atoms with Gasteiger partial charge in [-0.05, 0) is 34.2 Å². The third-order valence-corrected chi connectivity index (χ3v) is 4.27. The van der Waals surface area contributed by atoms with Crippen LogP contribution in [0.1, 0.15) is 44.4 Å². The highest BCUT2D eigenvalue weighted by atomic mass is 15.1. The summed E-state index contributed by atoms with van der Waals surface area (Å²) in [6.07, 6.45) is 0. The summed E-state index contributed by atoms with van der Waals surface area (Å²) in [5.41, 5.74) is 5.37. The van der Waals surface area contributed by atoms with Crippen LogP contribution in [0.25, 0.3) is 5.57 Å². The minimum absolute atomic E-state index is 0.213. The molecule has 0 atom stereocenters. The van der Waals surface area contributed by atoms with Crippen molar-refractivity contribution in [1.82, 2.24) is 4.90 Å². The van der Waals surface area contributed by atoms with Gasteiger partial charge in [0.1, 0.15) is 0 Å². The predicted octanol–water partition coefficient (Wildman–Crippen LogP) is 5.52. The van der Waals surface area contributed by atoms with Crippen LogP contribution >= 0.6 is 0 Å². The smallest absolute Gasteiger partial charge is 0.0237 e. The summed E-state index contributed by atoms with van der Waals surface area (Å²) < 4.78 is 0.